The number of nitrogens with two attached hydrogens (primary N) is 1. The topological polar surface area (TPSA) is 58.4 Å². The smallest absolute Gasteiger partial charge is 0.242 e. The Labute approximate surface area is 111 Å². The molecule has 0 spiro atoms. The summed E-state index contributed by atoms with van der Waals surface area (Å²) in [4.78, 5) is 15.5. The predicted octanol–water partition coefficient (Wildman–Crippen LogP) is 0.958. The molecular weight excluding hydrogens is 246 g/mol. The van der Waals surface area contributed by atoms with Crippen LogP contribution >= 0.6 is 11.3 Å². The SMILES string of the molecule is NC(C(=O)NC1CN2CCC1CC2)c1cccs1. The van der Waals surface area contributed by atoms with E-state index in [2.05, 4.69) is 10.2 Å². The fourth-order valence-electron chi connectivity index (χ4n) is 3.00. The van der Waals surface area contributed by atoms with Gasteiger partial charge in [0.2, 0.25) is 5.91 Å². The maximum absolute atomic E-state index is 12.1. The fraction of sp³-hybridized carbons (Fsp3) is 0.615. The molecule has 3 saturated heterocycles. The second kappa shape index (κ2) is 4.99. The second-order valence-corrected chi connectivity index (χ2v) is 6.23. The van der Waals surface area contributed by atoms with Gasteiger partial charge in [-0.05, 0) is 43.3 Å². The average Bonchev–Trinajstić information content (AvgIpc) is 2.93. The lowest BCUT2D eigenvalue weighted by Gasteiger charge is -2.45. The Morgan fingerprint density at radius 3 is 2.83 bits per heavy atom. The van der Waals surface area contributed by atoms with Crippen LogP contribution in [0.4, 0.5) is 0 Å². The predicted molar refractivity (Wildman–Crippen MR) is 72.3 cm³/mol. The number of hydrogen-bond acceptors (Lipinski definition) is 4. The molecular formula is C13H19N3OS. The molecule has 2 unspecified atom stereocenters. The van der Waals surface area contributed by atoms with Crippen LogP contribution in [0.1, 0.15) is 23.8 Å². The van der Waals surface area contributed by atoms with Crippen molar-refractivity contribution in [2.24, 2.45) is 11.7 Å². The summed E-state index contributed by atoms with van der Waals surface area (Å²) in [6.07, 6.45) is 2.42. The summed E-state index contributed by atoms with van der Waals surface area (Å²) in [5, 5.41) is 5.09. The quantitative estimate of drug-likeness (QED) is 0.856. The number of piperidine rings is 3. The van der Waals surface area contributed by atoms with Crippen LogP contribution in [0.3, 0.4) is 0 Å². The molecule has 5 heteroatoms. The molecule has 1 aromatic heterocycles. The highest BCUT2D eigenvalue weighted by atomic mass is 32.1. The Bertz CT molecular complexity index is 412. The van der Waals surface area contributed by atoms with Crippen LogP contribution in [0.25, 0.3) is 0 Å². The first-order valence-corrected chi connectivity index (χ1v) is 7.44. The van der Waals surface area contributed by atoms with E-state index in [4.69, 9.17) is 5.73 Å². The van der Waals surface area contributed by atoms with Gasteiger partial charge in [0.1, 0.15) is 6.04 Å². The Morgan fingerprint density at radius 2 is 2.28 bits per heavy atom. The number of nitrogens with zero attached hydrogens (tertiary/aromatic N) is 1. The molecule has 0 radical (unpaired) electrons. The van der Waals surface area contributed by atoms with Crippen LogP contribution in [0.2, 0.25) is 0 Å². The van der Waals surface area contributed by atoms with Crippen molar-refractivity contribution in [2.75, 3.05) is 19.6 Å². The summed E-state index contributed by atoms with van der Waals surface area (Å²) in [6, 6.07) is 3.64. The molecule has 1 aromatic rings. The number of amides is 1. The lowest BCUT2D eigenvalue weighted by Crippen LogP contribution is -2.58. The van der Waals surface area contributed by atoms with Gasteiger partial charge < -0.3 is 16.0 Å². The van der Waals surface area contributed by atoms with Crippen molar-refractivity contribution in [1.29, 1.82) is 0 Å². The van der Waals surface area contributed by atoms with Crippen LogP contribution < -0.4 is 11.1 Å². The van der Waals surface area contributed by atoms with E-state index < -0.39 is 6.04 Å². The van der Waals surface area contributed by atoms with E-state index in [0.29, 0.717) is 12.0 Å². The van der Waals surface area contributed by atoms with E-state index in [-0.39, 0.29) is 5.91 Å². The zero-order valence-electron chi connectivity index (χ0n) is 10.3. The van der Waals surface area contributed by atoms with Gasteiger partial charge >= 0.3 is 0 Å². The first-order valence-electron chi connectivity index (χ1n) is 6.56. The number of carbonyl (C=O) groups is 1. The van der Waals surface area contributed by atoms with Crippen molar-refractivity contribution in [3.05, 3.63) is 22.4 Å². The molecule has 3 aliphatic heterocycles. The number of thiophene rings is 1. The van der Waals surface area contributed by atoms with Crippen LogP contribution in [0.15, 0.2) is 17.5 Å². The third kappa shape index (κ3) is 2.30. The first kappa shape index (κ1) is 12.1. The lowest BCUT2D eigenvalue weighted by atomic mass is 9.84. The van der Waals surface area contributed by atoms with Gasteiger partial charge in [-0.1, -0.05) is 6.07 Å². The van der Waals surface area contributed by atoms with E-state index >= 15 is 0 Å². The lowest BCUT2D eigenvalue weighted by molar-refractivity contribution is -0.124. The Kier molecular flexibility index (Phi) is 3.37. The highest BCUT2D eigenvalue weighted by molar-refractivity contribution is 7.10. The molecule has 0 aromatic carbocycles. The first-order chi connectivity index (χ1) is 8.74. The van der Waals surface area contributed by atoms with Gasteiger partial charge in [0.05, 0.1) is 0 Å². The minimum absolute atomic E-state index is 0.0313. The standard InChI is InChI=1S/C13H19N3OS/c14-12(11-2-1-7-18-11)13(17)15-10-8-16-5-3-9(10)4-6-16/h1-2,7,9-10,12H,3-6,8,14H2,(H,15,17). The average molecular weight is 265 g/mol. The molecule has 3 aliphatic rings. The summed E-state index contributed by atoms with van der Waals surface area (Å²) in [7, 11) is 0. The molecule has 98 valence electrons. The maximum atomic E-state index is 12.1. The molecule has 0 saturated carbocycles. The monoisotopic (exact) mass is 265 g/mol. The maximum Gasteiger partial charge on any atom is 0.242 e. The van der Waals surface area contributed by atoms with Crippen molar-refractivity contribution >= 4 is 17.2 Å². The van der Waals surface area contributed by atoms with Gasteiger partial charge in [-0.15, -0.1) is 11.3 Å². The molecule has 0 aliphatic carbocycles. The van der Waals surface area contributed by atoms with Crippen LogP contribution in [0, 0.1) is 5.92 Å². The van der Waals surface area contributed by atoms with Gasteiger partial charge in [0, 0.05) is 17.5 Å². The third-order valence-corrected chi connectivity index (χ3v) is 5.07. The van der Waals surface area contributed by atoms with Crippen LogP contribution in [0.5, 0.6) is 0 Å². The highest BCUT2D eigenvalue weighted by Crippen LogP contribution is 2.28. The van der Waals surface area contributed by atoms with Crippen molar-refractivity contribution in [1.82, 2.24) is 10.2 Å². The van der Waals surface area contributed by atoms with E-state index in [1.165, 1.54) is 25.9 Å². The van der Waals surface area contributed by atoms with E-state index in [9.17, 15) is 4.79 Å². The second-order valence-electron chi connectivity index (χ2n) is 5.25. The normalized spacial score (nSPS) is 32.2. The van der Waals surface area contributed by atoms with Crippen molar-refractivity contribution in [3.63, 3.8) is 0 Å². The number of nitrogens with one attached hydrogen (secondary N) is 1. The summed E-state index contributed by atoms with van der Waals surface area (Å²) in [5.41, 5.74) is 5.98. The molecule has 4 nitrogen and oxygen atoms in total. The number of rotatable bonds is 3. The summed E-state index contributed by atoms with van der Waals surface area (Å²) in [5.74, 6) is 0.616. The van der Waals surface area contributed by atoms with Crippen molar-refractivity contribution in [3.8, 4) is 0 Å². The third-order valence-electron chi connectivity index (χ3n) is 4.12. The van der Waals surface area contributed by atoms with E-state index in [1.54, 1.807) is 11.3 Å². The van der Waals surface area contributed by atoms with E-state index in [1.807, 2.05) is 17.5 Å². The van der Waals surface area contributed by atoms with Gasteiger partial charge in [0.25, 0.3) is 0 Å². The van der Waals surface area contributed by atoms with E-state index in [0.717, 1.165) is 11.4 Å². The molecule has 2 bridgehead atoms. The van der Waals surface area contributed by atoms with Gasteiger partial charge in [-0.2, -0.15) is 0 Å². The molecule has 2 atom stereocenters. The zero-order chi connectivity index (χ0) is 12.5. The zero-order valence-corrected chi connectivity index (χ0v) is 11.2. The van der Waals surface area contributed by atoms with Crippen molar-refractivity contribution < 1.29 is 4.79 Å². The van der Waals surface area contributed by atoms with Crippen LogP contribution in [-0.4, -0.2) is 36.5 Å². The van der Waals surface area contributed by atoms with Gasteiger partial charge in [-0.3, -0.25) is 4.79 Å². The Balaban J connectivity index is 1.61. The fourth-order valence-corrected chi connectivity index (χ4v) is 3.72. The molecule has 4 rings (SSSR count). The van der Waals surface area contributed by atoms with Crippen molar-refractivity contribution in [2.45, 2.75) is 24.9 Å². The van der Waals surface area contributed by atoms with Gasteiger partial charge in [-0.25, -0.2) is 0 Å². The Hall–Kier alpha value is -0.910. The molecule has 1 amide bonds. The molecule has 4 heterocycles. The minimum Gasteiger partial charge on any atom is -0.350 e. The number of hydrogen-bond donors (Lipinski definition) is 2. The minimum atomic E-state index is -0.513. The summed E-state index contributed by atoms with van der Waals surface area (Å²) in [6.45, 7) is 3.37. The molecule has 18 heavy (non-hydrogen) atoms. The van der Waals surface area contributed by atoms with Crippen LogP contribution in [-0.2, 0) is 4.79 Å². The number of carbonyl (C=O) groups excluding carboxylic acids is 1. The summed E-state index contributed by atoms with van der Waals surface area (Å²) < 4.78 is 0. The van der Waals surface area contributed by atoms with Gasteiger partial charge in [0.15, 0.2) is 0 Å². The number of fused-ring (bicyclic) bond motifs is 3. The highest BCUT2D eigenvalue weighted by Gasteiger charge is 2.35. The molecule has 3 N–H and O–H groups in total. The largest absolute Gasteiger partial charge is 0.350 e. The summed E-state index contributed by atoms with van der Waals surface area (Å²) >= 11 is 1.54. The Morgan fingerprint density at radius 1 is 1.50 bits per heavy atom. The molecule has 3 fully saturated rings.